The van der Waals surface area contributed by atoms with Gasteiger partial charge in [-0.25, -0.2) is 0 Å². The molecule has 1 aromatic heterocycles. The number of methoxy groups -OCH3 is 1. The van der Waals surface area contributed by atoms with Crippen LogP contribution in [0.15, 0.2) is 34.9 Å². The molecule has 0 saturated heterocycles. The number of hydrogen-bond donors (Lipinski definition) is 1. The number of rotatable bonds is 7. The summed E-state index contributed by atoms with van der Waals surface area (Å²) in [5.74, 6) is 0. The van der Waals surface area contributed by atoms with Crippen LogP contribution in [0.3, 0.4) is 0 Å². The Balaban J connectivity index is 1.95. The Labute approximate surface area is 121 Å². The second-order valence-corrected chi connectivity index (χ2v) is 4.88. The highest BCUT2D eigenvalue weighted by atomic mass is 79.9. The molecular weight excluding hydrogens is 308 g/mol. The molecule has 0 amide bonds. The van der Waals surface area contributed by atoms with E-state index < -0.39 is 0 Å². The molecule has 0 bridgehead atoms. The lowest BCUT2D eigenvalue weighted by Crippen LogP contribution is -2.12. The summed E-state index contributed by atoms with van der Waals surface area (Å²) >= 11 is 3.51. The molecule has 4 nitrogen and oxygen atoms in total. The van der Waals surface area contributed by atoms with Crippen molar-refractivity contribution in [2.75, 3.05) is 38.8 Å². The lowest BCUT2D eigenvalue weighted by Gasteiger charge is -2.10. The molecule has 19 heavy (non-hydrogen) atoms. The van der Waals surface area contributed by atoms with Crippen molar-refractivity contribution < 1.29 is 9.47 Å². The molecule has 0 aliphatic rings. The molecule has 0 saturated carbocycles. The highest BCUT2D eigenvalue weighted by Gasteiger charge is 2.03. The maximum Gasteiger partial charge on any atom is 0.0864 e. The van der Waals surface area contributed by atoms with Gasteiger partial charge in [-0.05, 0) is 28.1 Å². The Hall–Kier alpha value is -1.17. The number of para-hydroxylation sites is 1. The lowest BCUT2D eigenvalue weighted by molar-refractivity contribution is 0.0759. The van der Waals surface area contributed by atoms with E-state index >= 15 is 0 Å². The van der Waals surface area contributed by atoms with Crippen LogP contribution in [-0.4, -0.2) is 38.5 Å². The molecule has 0 aliphatic carbocycles. The van der Waals surface area contributed by atoms with E-state index in [9.17, 15) is 0 Å². The van der Waals surface area contributed by atoms with Crippen molar-refractivity contribution in [3.63, 3.8) is 0 Å². The van der Waals surface area contributed by atoms with Crippen LogP contribution in [0.5, 0.6) is 0 Å². The van der Waals surface area contributed by atoms with Crippen LogP contribution in [0, 0.1) is 0 Å². The minimum atomic E-state index is 0.626. The van der Waals surface area contributed by atoms with Crippen molar-refractivity contribution in [2.45, 2.75) is 0 Å². The number of pyridine rings is 1. The Morgan fingerprint density at radius 1 is 1.21 bits per heavy atom. The first-order valence-corrected chi connectivity index (χ1v) is 6.96. The number of hydrogen-bond acceptors (Lipinski definition) is 4. The normalized spacial score (nSPS) is 10.8. The van der Waals surface area contributed by atoms with E-state index in [1.807, 2.05) is 18.2 Å². The van der Waals surface area contributed by atoms with E-state index in [-0.39, 0.29) is 0 Å². The van der Waals surface area contributed by atoms with Crippen LogP contribution in [-0.2, 0) is 9.47 Å². The van der Waals surface area contributed by atoms with Crippen molar-refractivity contribution in [2.24, 2.45) is 0 Å². The van der Waals surface area contributed by atoms with E-state index in [0.29, 0.717) is 19.8 Å². The van der Waals surface area contributed by atoms with Crippen molar-refractivity contribution >= 4 is 32.5 Å². The van der Waals surface area contributed by atoms with Crippen LogP contribution >= 0.6 is 15.9 Å². The lowest BCUT2D eigenvalue weighted by atomic mass is 10.2. The van der Waals surface area contributed by atoms with Crippen LogP contribution < -0.4 is 5.32 Å². The van der Waals surface area contributed by atoms with E-state index in [2.05, 4.69) is 32.3 Å². The van der Waals surface area contributed by atoms with Gasteiger partial charge < -0.3 is 14.8 Å². The molecule has 1 N–H and O–H groups in total. The maximum absolute atomic E-state index is 5.42. The Morgan fingerprint density at radius 2 is 2.11 bits per heavy atom. The third-order valence-electron chi connectivity index (χ3n) is 2.72. The molecule has 0 atom stereocenters. The number of fused-ring (bicyclic) bond motifs is 1. The quantitative estimate of drug-likeness (QED) is 0.795. The van der Waals surface area contributed by atoms with Gasteiger partial charge in [0.1, 0.15) is 0 Å². The maximum atomic E-state index is 5.42. The number of benzene rings is 1. The van der Waals surface area contributed by atoms with E-state index in [1.165, 1.54) is 0 Å². The summed E-state index contributed by atoms with van der Waals surface area (Å²) in [4.78, 5) is 4.38. The third kappa shape index (κ3) is 3.89. The van der Waals surface area contributed by atoms with Gasteiger partial charge in [-0.2, -0.15) is 0 Å². The Kier molecular flexibility index (Phi) is 5.57. The predicted octanol–water partition coefficient (Wildman–Crippen LogP) is 3.07. The molecule has 0 fully saturated rings. The average Bonchev–Trinajstić information content (AvgIpc) is 2.43. The molecule has 1 heterocycles. The van der Waals surface area contributed by atoms with Crippen molar-refractivity contribution in [1.29, 1.82) is 0 Å². The van der Waals surface area contributed by atoms with Gasteiger partial charge in [-0.1, -0.05) is 12.1 Å². The molecule has 1 aromatic carbocycles. The zero-order valence-electron chi connectivity index (χ0n) is 10.9. The third-order valence-corrected chi connectivity index (χ3v) is 3.36. The summed E-state index contributed by atoms with van der Waals surface area (Å²) in [7, 11) is 1.67. The minimum absolute atomic E-state index is 0.626. The molecule has 2 aromatic rings. The van der Waals surface area contributed by atoms with Gasteiger partial charge in [0.05, 0.1) is 25.3 Å². The van der Waals surface area contributed by atoms with Crippen molar-refractivity contribution in [1.82, 2.24) is 4.98 Å². The SMILES string of the molecule is COCCOCCNc1ccnc2c(Br)cccc12. The smallest absolute Gasteiger partial charge is 0.0864 e. The summed E-state index contributed by atoms with van der Waals surface area (Å²) in [5.41, 5.74) is 2.04. The van der Waals surface area contributed by atoms with Gasteiger partial charge in [-0.15, -0.1) is 0 Å². The number of ether oxygens (including phenoxy) is 2. The first kappa shape index (κ1) is 14.2. The van der Waals surface area contributed by atoms with Gasteiger partial charge in [0, 0.05) is 35.4 Å². The fourth-order valence-electron chi connectivity index (χ4n) is 1.80. The van der Waals surface area contributed by atoms with Crippen LogP contribution in [0.25, 0.3) is 10.9 Å². The minimum Gasteiger partial charge on any atom is -0.382 e. The first-order chi connectivity index (χ1) is 9.33. The number of halogens is 1. The second-order valence-electron chi connectivity index (χ2n) is 4.03. The van der Waals surface area contributed by atoms with E-state index in [4.69, 9.17) is 9.47 Å². The first-order valence-electron chi connectivity index (χ1n) is 6.16. The van der Waals surface area contributed by atoms with Crippen molar-refractivity contribution in [3.05, 3.63) is 34.9 Å². The fourth-order valence-corrected chi connectivity index (χ4v) is 2.26. The molecular formula is C14H17BrN2O2. The average molecular weight is 325 g/mol. The number of nitrogens with zero attached hydrogens (tertiary/aromatic N) is 1. The fraction of sp³-hybridized carbons (Fsp3) is 0.357. The van der Waals surface area contributed by atoms with Gasteiger partial charge >= 0.3 is 0 Å². The molecule has 0 spiro atoms. The highest BCUT2D eigenvalue weighted by molar-refractivity contribution is 9.10. The van der Waals surface area contributed by atoms with Gasteiger partial charge in [0.2, 0.25) is 0 Å². The zero-order valence-corrected chi connectivity index (χ0v) is 12.4. The van der Waals surface area contributed by atoms with Crippen molar-refractivity contribution in [3.8, 4) is 0 Å². The molecule has 2 rings (SSSR count). The number of aromatic nitrogens is 1. The summed E-state index contributed by atoms with van der Waals surface area (Å²) < 4.78 is 11.3. The standard InChI is InChI=1S/C14H17BrN2O2/c1-18-9-10-19-8-7-16-13-5-6-17-14-11(13)3-2-4-12(14)15/h2-6H,7-10H2,1H3,(H,16,17). The predicted molar refractivity (Wildman–Crippen MR) is 80.6 cm³/mol. The van der Waals surface area contributed by atoms with Crippen LogP contribution in [0.4, 0.5) is 5.69 Å². The van der Waals surface area contributed by atoms with E-state index in [1.54, 1.807) is 13.3 Å². The summed E-state index contributed by atoms with van der Waals surface area (Å²) in [6.07, 6.45) is 1.81. The Bertz CT molecular complexity index is 534. The summed E-state index contributed by atoms with van der Waals surface area (Å²) in [6.45, 7) is 2.67. The van der Waals surface area contributed by atoms with Gasteiger partial charge in [-0.3, -0.25) is 4.98 Å². The summed E-state index contributed by atoms with van der Waals surface area (Å²) in [6, 6.07) is 8.03. The molecule has 0 aliphatic heterocycles. The second kappa shape index (κ2) is 7.43. The van der Waals surface area contributed by atoms with E-state index in [0.717, 1.165) is 27.6 Å². The van der Waals surface area contributed by atoms with Crippen LogP contribution in [0.1, 0.15) is 0 Å². The summed E-state index contributed by atoms with van der Waals surface area (Å²) in [5, 5.41) is 4.47. The molecule has 102 valence electrons. The number of anilines is 1. The molecule has 0 unspecified atom stereocenters. The number of nitrogens with one attached hydrogen (secondary N) is 1. The highest BCUT2D eigenvalue weighted by Crippen LogP contribution is 2.26. The van der Waals surface area contributed by atoms with Gasteiger partial charge in [0.25, 0.3) is 0 Å². The molecule has 5 heteroatoms. The Morgan fingerprint density at radius 3 is 2.95 bits per heavy atom. The molecule has 0 radical (unpaired) electrons. The topological polar surface area (TPSA) is 43.4 Å². The van der Waals surface area contributed by atoms with Crippen LogP contribution in [0.2, 0.25) is 0 Å². The van der Waals surface area contributed by atoms with Gasteiger partial charge in [0.15, 0.2) is 0 Å². The monoisotopic (exact) mass is 324 g/mol. The zero-order chi connectivity index (χ0) is 13.5. The largest absolute Gasteiger partial charge is 0.382 e.